The van der Waals surface area contributed by atoms with E-state index in [9.17, 15) is 9.18 Å². The molecule has 0 atom stereocenters. The fraction of sp³-hybridized carbons (Fsp3) is 0.111. The molecular formula is C9H7FN2O. The molecule has 0 unspecified atom stereocenters. The summed E-state index contributed by atoms with van der Waals surface area (Å²) < 4.78 is 12.8. The van der Waals surface area contributed by atoms with Crippen molar-refractivity contribution in [2.24, 2.45) is 0 Å². The monoisotopic (exact) mass is 178 g/mol. The summed E-state index contributed by atoms with van der Waals surface area (Å²) in [5, 5.41) is 7.10. The Morgan fingerprint density at radius 1 is 1.38 bits per heavy atom. The minimum atomic E-state index is -0.358. The molecule has 0 aliphatic rings. The Kier molecular flexibility index (Phi) is 1.62. The number of nitrogens with one attached hydrogen (secondary N) is 1. The second-order valence-corrected chi connectivity index (χ2v) is 2.83. The van der Waals surface area contributed by atoms with Crippen molar-refractivity contribution in [1.29, 1.82) is 0 Å². The molecule has 1 N–H and O–H groups in total. The van der Waals surface area contributed by atoms with Gasteiger partial charge in [0.05, 0.1) is 11.1 Å². The van der Waals surface area contributed by atoms with Crippen LogP contribution in [-0.2, 0) is 0 Å². The van der Waals surface area contributed by atoms with Crippen molar-refractivity contribution in [3.63, 3.8) is 0 Å². The molecule has 4 heteroatoms. The van der Waals surface area contributed by atoms with Gasteiger partial charge in [0.2, 0.25) is 0 Å². The van der Waals surface area contributed by atoms with Gasteiger partial charge in [-0.2, -0.15) is 5.10 Å². The number of aromatic nitrogens is 2. The van der Waals surface area contributed by atoms with Gasteiger partial charge in [0.25, 0.3) is 5.56 Å². The molecule has 0 fully saturated rings. The summed E-state index contributed by atoms with van der Waals surface area (Å²) in [5.41, 5.74) is 0.328. The van der Waals surface area contributed by atoms with Crippen LogP contribution in [-0.4, -0.2) is 10.2 Å². The van der Waals surface area contributed by atoms with Crippen LogP contribution < -0.4 is 5.56 Å². The Bertz CT molecular complexity index is 518. The zero-order valence-corrected chi connectivity index (χ0v) is 6.97. The molecule has 66 valence electrons. The van der Waals surface area contributed by atoms with Gasteiger partial charge >= 0.3 is 0 Å². The van der Waals surface area contributed by atoms with Crippen molar-refractivity contribution in [2.45, 2.75) is 6.92 Å². The summed E-state index contributed by atoms with van der Waals surface area (Å²) in [6.07, 6.45) is 0. The smallest absolute Gasteiger partial charge is 0.267 e. The molecule has 0 bridgehead atoms. The Morgan fingerprint density at radius 2 is 2.15 bits per heavy atom. The lowest BCUT2D eigenvalue weighted by Crippen LogP contribution is -2.09. The third-order valence-electron chi connectivity index (χ3n) is 1.94. The first-order chi connectivity index (χ1) is 6.18. The summed E-state index contributed by atoms with van der Waals surface area (Å²) in [6, 6.07) is 4.03. The van der Waals surface area contributed by atoms with Crippen LogP contribution in [0.25, 0.3) is 10.8 Å². The van der Waals surface area contributed by atoms with Gasteiger partial charge in [0, 0.05) is 5.39 Å². The van der Waals surface area contributed by atoms with E-state index >= 15 is 0 Å². The van der Waals surface area contributed by atoms with E-state index in [1.807, 2.05) is 0 Å². The average molecular weight is 178 g/mol. The van der Waals surface area contributed by atoms with Crippen LogP contribution in [0.15, 0.2) is 23.0 Å². The SMILES string of the molecule is Cc1n[nH]c(=O)c2ccc(F)cc12. The van der Waals surface area contributed by atoms with Gasteiger partial charge in [-0.1, -0.05) is 0 Å². The number of halogens is 1. The Balaban J connectivity index is 3.01. The molecule has 1 aromatic heterocycles. The molecule has 2 rings (SSSR count). The van der Waals surface area contributed by atoms with E-state index in [4.69, 9.17) is 0 Å². The van der Waals surface area contributed by atoms with Crippen LogP contribution >= 0.6 is 0 Å². The van der Waals surface area contributed by atoms with Gasteiger partial charge < -0.3 is 0 Å². The summed E-state index contributed by atoms with van der Waals surface area (Å²) >= 11 is 0. The Hall–Kier alpha value is -1.71. The maximum atomic E-state index is 12.8. The third kappa shape index (κ3) is 1.20. The maximum Gasteiger partial charge on any atom is 0.272 e. The lowest BCUT2D eigenvalue weighted by Gasteiger charge is -1.98. The normalized spacial score (nSPS) is 10.6. The number of aryl methyl sites for hydroxylation is 1. The minimum Gasteiger partial charge on any atom is -0.267 e. The molecule has 0 radical (unpaired) electrons. The molecule has 0 aliphatic carbocycles. The molecule has 1 heterocycles. The molecule has 0 saturated heterocycles. The number of aromatic amines is 1. The zero-order chi connectivity index (χ0) is 9.42. The Labute approximate surface area is 73.2 Å². The summed E-state index contributed by atoms with van der Waals surface area (Å²) in [4.78, 5) is 11.2. The van der Waals surface area contributed by atoms with Crippen molar-refractivity contribution in [3.8, 4) is 0 Å². The fourth-order valence-electron chi connectivity index (χ4n) is 1.27. The van der Waals surface area contributed by atoms with Crippen LogP contribution in [0.5, 0.6) is 0 Å². The molecule has 0 amide bonds. The van der Waals surface area contributed by atoms with Gasteiger partial charge in [-0.05, 0) is 25.1 Å². The van der Waals surface area contributed by atoms with E-state index in [1.54, 1.807) is 6.92 Å². The topological polar surface area (TPSA) is 45.8 Å². The number of benzene rings is 1. The maximum absolute atomic E-state index is 12.8. The molecule has 2 aromatic rings. The van der Waals surface area contributed by atoms with E-state index < -0.39 is 0 Å². The number of rotatable bonds is 0. The second kappa shape index (κ2) is 2.65. The number of fused-ring (bicyclic) bond motifs is 1. The summed E-state index contributed by atoms with van der Waals surface area (Å²) in [7, 11) is 0. The van der Waals surface area contributed by atoms with Gasteiger partial charge in [-0.25, -0.2) is 9.49 Å². The number of nitrogens with zero attached hydrogens (tertiary/aromatic N) is 1. The standard InChI is InChI=1S/C9H7FN2O/c1-5-8-4-6(10)2-3-7(8)9(13)12-11-5/h2-4H,1H3,(H,12,13). The predicted octanol–water partition coefficient (Wildman–Crippen LogP) is 1.37. The van der Waals surface area contributed by atoms with Crippen molar-refractivity contribution in [1.82, 2.24) is 10.2 Å². The summed E-state index contributed by atoms with van der Waals surface area (Å²) in [6.45, 7) is 1.72. The van der Waals surface area contributed by atoms with Gasteiger partial charge in [0.15, 0.2) is 0 Å². The fourth-order valence-corrected chi connectivity index (χ4v) is 1.27. The van der Waals surface area contributed by atoms with Gasteiger partial charge in [-0.15, -0.1) is 0 Å². The lowest BCUT2D eigenvalue weighted by molar-refractivity contribution is 0.629. The van der Waals surface area contributed by atoms with E-state index in [-0.39, 0.29) is 11.4 Å². The van der Waals surface area contributed by atoms with E-state index in [2.05, 4.69) is 10.2 Å². The highest BCUT2D eigenvalue weighted by Crippen LogP contribution is 2.13. The number of hydrogen-bond acceptors (Lipinski definition) is 2. The van der Waals surface area contributed by atoms with Crippen LogP contribution in [0.3, 0.4) is 0 Å². The molecule has 3 nitrogen and oxygen atoms in total. The van der Waals surface area contributed by atoms with E-state index in [0.29, 0.717) is 16.5 Å². The highest BCUT2D eigenvalue weighted by Gasteiger charge is 2.03. The molecule has 0 saturated carbocycles. The third-order valence-corrected chi connectivity index (χ3v) is 1.94. The van der Waals surface area contributed by atoms with Gasteiger partial charge in [-0.3, -0.25) is 4.79 Å². The highest BCUT2D eigenvalue weighted by atomic mass is 19.1. The van der Waals surface area contributed by atoms with Crippen LogP contribution in [0.2, 0.25) is 0 Å². The largest absolute Gasteiger partial charge is 0.272 e. The van der Waals surface area contributed by atoms with E-state index in [0.717, 1.165) is 0 Å². The lowest BCUT2D eigenvalue weighted by atomic mass is 10.1. The molecular weight excluding hydrogens is 171 g/mol. The molecule has 0 aliphatic heterocycles. The first-order valence-corrected chi connectivity index (χ1v) is 3.83. The van der Waals surface area contributed by atoms with Crippen LogP contribution in [0, 0.1) is 12.7 Å². The van der Waals surface area contributed by atoms with Crippen LogP contribution in [0.4, 0.5) is 4.39 Å². The van der Waals surface area contributed by atoms with Gasteiger partial charge in [0.1, 0.15) is 5.82 Å². The minimum absolute atomic E-state index is 0.291. The van der Waals surface area contributed by atoms with Crippen LogP contribution in [0.1, 0.15) is 5.69 Å². The number of hydrogen-bond donors (Lipinski definition) is 1. The Morgan fingerprint density at radius 3 is 2.92 bits per heavy atom. The second-order valence-electron chi connectivity index (χ2n) is 2.83. The average Bonchev–Trinajstić information content (AvgIpc) is 2.12. The predicted molar refractivity (Wildman–Crippen MR) is 47.1 cm³/mol. The first kappa shape index (κ1) is 7.91. The molecule has 13 heavy (non-hydrogen) atoms. The summed E-state index contributed by atoms with van der Waals surface area (Å²) in [5.74, 6) is -0.358. The number of H-pyrrole nitrogens is 1. The first-order valence-electron chi connectivity index (χ1n) is 3.83. The zero-order valence-electron chi connectivity index (χ0n) is 6.97. The molecule has 1 aromatic carbocycles. The highest BCUT2D eigenvalue weighted by molar-refractivity contribution is 5.83. The molecule has 0 spiro atoms. The van der Waals surface area contributed by atoms with Crippen molar-refractivity contribution in [2.75, 3.05) is 0 Å². The van der Waals surface area contributed by atoms with E-state index in [1.165, 1.54) is 18.2 Å². The van der Waals surface area contributed by atoms with Crippen molar-refractivity contribution in [3.05, 3.63) is 40.1 Å². The van der Waals surface area contributed by atoms with Crippen molar-refractivity contribution < 1.29 is 4.39 Å². The quantitative estimate of drug-likeness (QED) is 0.662. The van der Waals surface area contributed by atoms with Crippen molar-refractivity contribution >= 4 is 10.8 Å².